The van der Waals surface area contributed by atoms with Crippen molar-refractivity contribution in [1.29, 1.82) is 0 Å². The standard InChI is InChI=1S/C8H10N2O3S/c11-8(12)6-7(14-4-9-6)10-5-1-2-13-3-5/h4-5,10H,1-3H2,(H,11,12). The molecule has 1 unspecified atom stereocenters. The third kappa shape index (κ3) is 1.85. The number of hydrogen-bond donors (Lipinski definition) is 2. The summed E-state index contributed by atoms with van der Waals surface area (Å²) in [5.74, 6) is -0.993. The third-order valence-electron chi connectivity index (χ3n) is 2.03. The van der Waals surface area contributed by atoms with E-state index >= 15 is 0 Å². The van der Waals surface area contributed by atoms with Crippen molar-refractivity contribution < 1.29 is 14.6 Å². The highest BCUT2D eigenvalue weighted by atomic mass is 32.1. The first-order valence-corrected chi connectivity index (χ1v) is 5.16. The second-order valence-corrected chi connectivity index (χ2v) is 3.89. The first-order chi connectivity index (χ1) is 6.77. The highest BCUT2D eigenvalue weighted by Gasteiger charge is 2.20. The Bertz CT molecular complexity index is 333. The summed E-state index contributed by atoms with van der Waals surface area (Å²) in [5.41, 5.74) is 1.63. The summed E-state index contributed by atoms with van der Waals surface area (Å²) < 4.78 is 5.18. The van der Waals surface area contributed by atoms with Crippen molar-refractivity contribution in [3.63, 3.8) is 0 Å². The number of ether oxygens (including phenoxy) is 1. The molecule has 0 aliphatic carbocycles. The van der Waals surface area contributed by atoms with Crippen LogP contribution in [0.15, 0.2) is 5.51 Å². The lowest BCUT2D eigenvalue weighted by molar-refractivity contribution is 0.0692. The Morgan fingerprint density at radius 1 is 1.79 bits per heavy atom. The van der Waals surface area contributed by atoms with Gasteiger partial charge in [-0.2, -0.15) is 0 Å². The van der Waals surface area contributed by atoms with E-state index < -0.39 is 5.97 Å². The van der Waals surface area contributed by atoms with Gasteiger partial charge in [-0.1, -0.05) is 0 Å². The molecule has 2 rings (SSSR count). The van der Waals surface area contributed by atoms with E-state index in [2.05, 4.69) is 10.3 Å². The zero-order valence-electron chi connectivity index (χ0n) is 7.40. The number of thiazole rings is 1. The maximum Gasteiger partial charge on any atom is 0.357 e. The Kier molecular flexibility index (Phi) is 2.64. The first-order valence-electron chi connectivity index (χ1n) is 4.28. The van der Waals surface area contributed by atoms with Crippen LogP contribution in [0.3, 0.4) is 0 Å². The van der Waals surface area contributed by atoms with Crippen molar-refractivity contribution in [3.05, 3.63) is 11.2 Å². The Hall–Kier alpha value is -1.14. The average molecular weight is 214 g/mol. The van der Waals surface area contributed by atoms with Crippen LogP contribution in [0.4, 0.5) is 5.00 Å². The van der Waals surface area contributed by atoms with Crippen LogP contribution < -0.4 is 5.32 Å². The number of aromatic nitrogens is 1. The van der Waals surface area contributed by atoms with Gasteiger partial charge in [-0.25, -0.2) is 9.78 Å². The second-order valence-electron chi connectivity index (χ2n) is 3.04. The molecule has 0 radical (unpaired) electrons. The van der Waals surface area contributed by atoms with E-state index in [4.69, 9.17) is 9.84 Å². The van der Waals surface area contributed by atoms with Gasteiger partial charge in [0.1, 0.15) is 5.00 Å². The fourth-order valence-electron chi connectivity index (χ4n) is 1.33. The molecule has 0 aromatic carbocycles. The minimum atomic E-state index is -0.993. The van der Waals surface area contributed by atoms with Crippen molar-refractivity contribution in [1.82, 2.24) is 4.98 Å². The van der Waals surface area contributed by atoms with Gasteiger partial charge >= 0.3 is 5.97 Å². The van der Waals surface area contributed by atoms with E-state index in [0.717, 1.165) is 13.0 Å². The highest BCUT2D eigenvalue weighted by Crippen LogP contribution is 2.22. The van der Waals surface area contributed by atoms with Crippen molar-refractivity contribution >= 4 is 22.3 Å². The van der Waals surface area contributed by atoms with E-state index in [1.807, 2.05) is 0 Å². The Labute approximate surface area is 84.7 Å². The van der Waals surface area contributed by atoms with Gasteiger partial charge in [0, 0.05) is 6.61 Å². The molecule has 1 aromatic heterocycles. The molecule has 1 aliphatic rings. The van der Waals surface area contributed by atoms with Crippen molar-refractivity contribution in [2.24, 2.45) is 0 Å². The maximum atomic E-state index is 10.7. The monoisotopic (exact) mass is 214 g/mol. The highest BCUT2D eigenvalue weighted by molar-refractivity contribution is 7.14. The summed E-state index contributed by atoms with van der Waals surface area (Å²) in [6, 6.07) is 0.216. The number of anilines is 1. The SMILES string of the molecule is O=C(O)c1ncsc1NC1CCOC1. The minimum absolute atomic E-state index is 0.0990. The molecule has 1 saturated heterocycles. The molecule has 76 valence electrons. The molecule has 1 fully saturated rings. The van der Waals surface area contributed by atoms with E-state index in [1.54, 1.807) is 0 Å². The molecule has 6 heteroatoms. The number of nitrogens with zero attached hydrogens (tertiary/aromatic N) is 1. The zero-order valence-corrected chi connectivity index (χ0v) is 8.21. The topological polar surface area (TPSA) is 71.5 Å². The lowest BCUT2D eigenvalue weighted by Crippen LogP contribution is -2.19. The van der Waals surface area contributed by atoms with Crippen molar-refractivity contribution in [2.45, 2.75) is 12.5 Å². The zero-order chi connectivity index (χ0) is 9.97. The summed E-state index contributed by atoms with van der Waals surface area (Å²) in [4.78, 5) is 14.5. The normalized spacial score (nSPS) is 21.0. The summed E-state index contributed by atoms with van der Waals surface area (Å²) in [6.07, 6.45) is 0.914. The third-order valence-corrected chi connectivity index (χ3v) is 2.79. The maximum absolute atomic E-state index is 10.7. The molecule has 1 atom stereocenters. The van der Waals surface area contributed by atoms with Crippen molar-refractivity contribution in [3.8, 4) is 0 Å². The van der Waals surface area contributed by atoms with Gasteiger partial charge in [0.25, 0.3) is 0 Å². The van der Waals surface area contributed by atoms with Crippen LogP contribution in [0.1, 0.15) is 16.9 Å². The number of aromatic carboxylic acids is 1. The van der Waals surface area contributed by atoms with Crippen LogP contribution in [0.25, 0.3) is 0 Å². The number of hydrogen-bond acceptors (Lipinski definition) is 5. The number of carbonyl (C=O) groups is 1. The summed E-state index contributed by atoms with van der Waals surface area (Å²) in [5, 5.41) is 12.5. The van der Waals surface area contributed by atoms with Crippen LogP contribution in [-0.4, -0.2) is 35.3 Å². The first kappa shape index (κ1) is 9.42. The van der Waals surface area contributed by atoms with Crippen LogP contribution in [0.2, 0.25) is 0 Å². The van der Waals surface area contributed by atoms with Crippen LogP contribution in [0.5, 0.6) is 0 Å². The van der Waals surface area contributed by atoms with Gasteiger partial charge in [-0.05, 0) is 6.42 Å². The summed E-state index contributed by atoms with van der Waals surface area (Å²) in [6.45, 7) is 1.37. The van der Waals surface area contributed by atoms with Gasteiger partial charge in [-0.15, -0.1) is 11.3 Å². The predicted molar refractivity (Wildman–Crippen MR) is 51.9 cm³/mol. The molecule has 2 N–H and O–H groups in total. The minimum Gasteiger partial charge on any atom is -0.476 e. The Balaban J connectivity index is 2.07. The molecular weight excluding hydrogens is 204 g/mol. The number of carboxylic acid groups (broad SMARTS) is 1. The fraction of sp³-hybridized carbons (Fsp3) is 0.500. The van der Waals surface area contributed by atoms with Gasteiger partial charge in [0.05, 0.1) is 18.2 Å². The molecule has 0 saturated carbocycles. The summed E-state index contributed by atoms with van der Waals surface area (Å²) >= 11 is 1.31. The molecule has 14 heavy (non-hydrogen) atoms. The van der Waals surface area contributed by atoms with Crippen LogP contribution in [-0.2, 0) is 4.74 Å². The van der Waals surface area contributed by atoms with Gasteiger partial charge < -0.3 is 15.2 Å². The lowest BCUT2D eigenvalue weighted by Gasteiger charge is -2.09. The quantitative estimate of drug-likeness (QED) is 0.786. The molecule has 1 aromatic rings. The van der Waals surface area contributed by atoms with E-state index in [1.165, 1.54) is 16.8 Å². The molecule has 1 aliphatic heterocycles. The molecule has 0 amide bonds. The van der Waals surface area contributed by atoms with Gasteiger partial charge in [0.15, 0.2) is 5.69 Å². The number of rotatable bonds is 3. The predicted octanol–water partition coefficient (Wildman–Crippen LogP) is 1.04. The molecular formula is C8H10N2O3S. The van der Waals surface area contributed by atoms with Crippen molar-refractivity contribution in [2.75, 3.05) is 18.5 Å². The van der Waals surface area contributed by atoms with Crippen LogP contribution >= 0.6 is 11.3 Å². The molecule has 0 spiro atoms. The largest absolute Gasteiger partial charge is 0.476 e. The van der Waals surface area contributed by atoms with E-state index in [-0.39, 0.29) is 11.7 Å². The smallest absolute Gasteiger partial charge is 0.357 e. The number of nitrogens with one attached hydrogen (secondary N) is 1. The van der Waals surface area contributed by atoms with Gasteiger partial charge in [-0.3, -0.25) is 0 Å². The van der Waals surface area contributed by atoms with Crippen LogP contribution in [0, 0.1) is 0 Å². The number of carboxylic acids is 1. The lowest BCUT2D eigenvalue weighted by atomic mass is 10.2. The second kappa shape index (κ2) is 3.93. The van der Waals surface area contributed by atoms with E-state index in [9.17, 15) is 4.79 Å². The molecule has 0 bridgehead atoms. The Morgan fingerprint density at radius 3 is 3.29 bits per heavy atom. The van der Waals surface area contributed by atoms with E-state index in [0.29, 0.717) is 11.6 Å². The average Bonchev–Trinajstić information content (AvgIpc) is 2.75. The summed E-state index contributed by atoms with van der Waals surface area (Å²) in [7, 11) is 0. The molecule has 5 nitrogen and oxygen atoms in total. The Morgan fingerprint density at radius 2 is 2.64 bits per heavy atom. The molecule has 2 heterocycles. The van der Waals surface area contributed by atoms with Gasteiger partial charge in [0.2, 0.25) is 0 Å². The fourth-order valence-corrected chi connectivity index (χ4v) is 2.08.